The van der Waals surface area contributed by atoms with Gasteiger partial charge in [0.15, 0.2) is 11.6 Å². The zero-order chi connectivity index (χ0) is 17.9. The number of anilines is 2. The summed E-state index contributed by atoms with van der Waals surface area (Å²) in [4.78, 5) is 27.3. The topological polar surface area (TPSA) is 37.4 Å². The molecule has 0 atom stereocenters. The molecular formula is C23H17NO2. The van der Waals surface area contributed by atoms with E-state index in [1.54, 1.807) is 30.3 Å². The molecule has 0 N–H and O–H groups in total. The highest BCUT2D eigenvalue weighted by Crippen LogP contribution is 2.28. The van der Waals surface area contributed by atoms with Gasteiger partial charge in [0.2, 0.25) is 0 Å². The zero-order valence-electron chi connectivity index (χ0n) is 14.1. The highest BCUT2D eigenvalue weighted by Gasteiger charge is 2.32. The molecule has 0 radical (unpaired) electrons. The highest BCUT2D eigenvalue weighted by molar-refractivity contribution is 6.39. The Morgan fingerprint density at radius 2 is 1.04 bits per heavy atom. The number of hydrogen-bond donors (Lipinski definition) is 0. The van der Waals surface area contributed by atoms with Gasteiger partial charge < -0.3 is 4.90 Å². The Hall–Kier alpha value is -3.46. The number of fused-ring (bicyclic) bond motifs is 1. The fourth-order valence-electron chi connectivity index (χ4n) is 3.22. The monoisotopic (exact) mass is 339 g/mol. The van der Waals surface area contributed by atoms with Gasteiger partial charge >= 0.3 is 0 Å². The number of benzene rings is 3. The average molecular weight is 339 g/mol. The zero-order valence-corrected chi connectivity index (χ0v) is 14.1. The molecule has 126 valence electrons. The van der Waals surface area contributed by atoms with Crippen LogP contribution in [0.3, 0.4) is 0 Å². The third-order valence-corrected chi connectivity index (χ3v) is 4.52. The Bertz CT molecular complexity index is 914. The number of nitrogens with zero attached hydrogens (tertiary/aromatic N) is 1. The van der Waals surface area contributed by atoms with E-state index >= 15 is 0 Å². The predicted octanol–water partition coefficient (Wildman–Crippen LogP) is 4.83. The number of carbonyl (C=O) groups excluding carboxylic acids is 2. The van der Waals surface area contributed by atoms with Crippen molar-refractivity contribution in [2.45, 2.75) is 0 Å². The Labute approximate surface area is 152 Å². The van der Waals surface area contributed by atoms with Gasteiger partial charge in [0.1, 0.15) is 0 Å². The van der Waals surface area contributed by atoms with Crippen molar-refractivity contribution in [3.8, 4) is 0 Å². The molecule has 0 fully saturated rings. The fraction of sp³-hybridized carbons (Fsp3) is 0.0435. The van der Waals surface area contributed by atoms with Gasteiger partial charge in [-0.2, -0.15) is 0 Å². The van der Waals surface area contributed by atoms with Crippen molar-refractivity contribution in [2.75, 3.05) is 11.4 Å². The molecule has 0 amide bonds. The van der Waals surface area contributed by atoms with Gasteiger partial charge in [-0.05, 0) is 30.3 Å². The molecule has 1 aliphatic carbocycles. The standard InChI is InChI=1S/C23H17NO2/c25-22-19-13-7-8-14-20(19)23(26)21(22)15-16-24(17-9-3-1-4-10-17)18-11-5-2-6-12-18/h1-15H,16H2. The normalized spacial score (nSPS) is 12.8. The molecule has 0 bridgehead atoms. The maximum absolute atomic E-state index is 12.6. The molecule has 0 unspecified atom stereocenters. The number of ketones is 2. The molecule has 26 heavy (non-hydrogen) atoms. The molecular weight excluding hydrogens is 322 g/mol. The molecule has 3 heteroatoms. The van der Waals surface area contributed by atoms with E-state index in [0.29, 0.717) is 17.7 Å². The van der Waals surface area contributed by atoms with Crippen molar-refractivity contribution < 1.29 is 9.59 Å². The largest absolute Gasteiger partial charge is 0.338 e. The Morgan fingerprint density at radius 1 is 0.615 bits per heavy atom. The molecule has 3 aromatic carbocycles. The Kier molecular flexibility index (Phi) is 4.20. The van der Waals surface area contributed by atoms with E-state index in [2.05, 4.69) is 4.90 Å². The lowest BCUT2D eigenvalue weighted by molar-refractivity contribution is 0.0988. The first kappa shape index (κ1) is 16.0. The average Bonchev–Trinajstić information content (AvgIpc) is 2.95. The summed E-state index contributed by atoms with van der Waals surface area (Å²) >= 11 is 0. The van der Waals surface area contributed by atoms with Gasteiger partial charge in [0, 0.05) is 29.0 Å². The van der Waals surface area contributed by atoms with Crippen LogP contribution in [-0.4, -0.2) is 18.1 Å². The van der Waals surface area contributed by atoms with E-state index < -0.39 is 0 Å². The number of Topliss-reactive ketones (excluding diaryl/α,β-unsaturated/α-hetero) is 2. The molecule has 1 aliphatic rings. The summed E-state index contributed by atoms with van der Waals surface area (Å²) in [5, 5.41) is 0. The number of allylic oxidation sites excluding steroid dienone is 1. The molecule has 0 saturated carbocycles. The van der Waals surface area contributed by atoms with E-state index in [0.717, 1.165) is 11.4 Å². The molecule has 0 saturated heterocycles. The second-order valence-electron chi connectivity index (χ2n) is 6.10. The van der Waals surface area contributed by atoms with Crippen molar-refractivity contribution >= 4 is 22.9 Å². The van der Waals surface area contributed by atoms with Gasteiger partial charge in [0.25, 0.3) is 0 Å². The molecule has 3 aromatic rings. The first-order chi connectivity index (χ1) is 12.8. The molecule has 0 aliphatic heterocycles. The Balaban J connectivity index is 1.69. The summed E-state index contributed by atoms with van der Waals surface area (Å²) in [6.07, 6.45) is 1.74. The highest BCUT2D eigenvalue weighted by atomic mass is 16.2. The van der Waals surface area contributed by atoms with E-state index in [4.69, 9.17) is 0 Å². The van der Waals surface area contributed by atoms with Crippen LogP contribution in [0.2, 0.25) is 0 Å². The van der Waals surface area contributed by atoms with Crippen LogP contribution in [0.15, 0.2) is 96.6 Å². The van der Waals surface area contributed by atoms with E-state index in [9.17, 15) is 9.59 Å². The minimum Gasteiger partial charge on any atom is -0.338 e. The van der Waals surface area contributed by atoms with Crippen molar-refractivity contribution in [1.82, 2.24) is 0 Å². The lowest BCUT2D eigenvalue weighted by atomic mass is 10.1. The second kappa shape index (κ2) is 6.81. The van der Waals surface area contributed by atoms with Crippen molar-refractivity contribution in [2.24, 2.45) is 0 Å². The van der Waals surface area contributed by atoms with Gasteiger partial charge in [0.05, 0.1) is 5.57 Å². The molecule has 0 aromatic heterocycles. The molecule has 0 spiro atoms. The van der Waals surface area contributed by atoms with Crippen LogP contribution in [0, 0.1) is 0 Å². The van der Waals surface area contributed by atoms with Crippen molar-refractivity contribution in [3.05, 3.63) is 108 Å². The van der Waals surface area contributed by atoms with E-state index in [1.807, 2.05) is 60.7 Å². The second-order valence-corrected chi connectivity index (χ2v) is 6.10. The van der Waals surface area contributed by atoms with Crippen LogP contribution >= 0.6 is 0 Å². The van der Waals surface area contributed by atoms with Gasteiger partial charge in [-0.1, -0.05) is 60.7 Å². The SMILES string of the molecule is O=C1C(=CCN(c2ccccc2)c2ccccc2)C(=O)c2ccccc21. The van der Waals surface area contributed by atoms with E-state index in [-0.39, 0.29) is 17.1 Å². The summed E-state index contributed by atoms with van der Waals surface area (Å²) in [5.41, 5.74) is 3.25. The first-order valence-corrected chi connectivity index (χ1v) is 8.52. The summed E-state index contributed by atoms with van der Waals surface area (Å²) in [7, 11) is 0. The van der Waals surface area contributed by atoms with Crippen LogP contribution in [-0.2, 0) is 0 Å². The van der Waals surface area contributed by atoms with Gasteiger partial charge in [-0.25, -0.2) is 0 Å². The third-order valence-electron chi connectivity index (χ3n) is 4.52. The quantitative estimate of drug-likeness (QED) is 0.505. The number of para-hydroxylation sites is 2. The number of carbonyl (C=O) groups is 2. The van der Waals surface area contributed by atoms with Crippen LogP contribution in [0.5, 0.6) is 0 Å². The van der Waals surface area contributed by atoms with Crippen LogP contribution in [0.4, 0.5) is 11.4 Å². The van der Waals surface area contributed by atoms with Crippen LogP contribution < -0.4 is 4.90 Å². The molecule has 4 rings (SSSR count). The minimum atomic E-state index is -0.188. The van der Waals surface area contributed by atoms with Crippen LogP contribution in [0.1, 0.15) is 20.7 Å². The van der Waals surface area contributed by atoms with Gasteiger partial charge in [-0.3, -0.25) is 9.59 Å². The Morgan fingerprint density at radius 3 is 1.50 bits per heavy atom. The summed E-state index contributed by atoms with van der Waals surface area (Å²) in [6, 6.07) is 26.9. The third kappa shape index (κ3) is 2.84. The first-order valence-electron chi connectivity index (χ1n) is 8.52. The lowest BCUT2D eigenvalue weighted by Crippen LogP contribution is -2.18. The molecule has 0 heterocycles. The van der Waals surface area contributed by atoms with Crippen LogP contribution in [0.25, 0.3) is 0 Å². The summed E-state index contributed by atoms with van der Waals surface area (Å²) in [5.74, 6) is -0.377. The van der Waals surface area contributed by atoms with Crippen molar-refractivity contribution in [1.29, 1.82) is 0 Å². The maximum Gasteiger partial charge on any atom is 0.197 e. The van der Waals surface area contributed by atoms with Gasteiger partial charge in [-0.15, -0.1) is 0 Å². The minimum absolute atomic E-state index is 0.188. The maximum atomic E-state index is 12.6. The number of rotatable bonds is 4. The fourth-order valence-corrected chi connectivity index (χ4v) is 3.22. The van der Waals surface area contributed by atoms with Crippen molar-refractivity contribution in [3.63, 3.8) is 0 Å². The number of hydrogen-bond acceptors (Lipinski definition) is 3. The lowest BCUT2D eigenvalue weighted by Gasteiger charge is -2.23. The van der Waals surface area contributed by atoms with E-state index in [1.165, 1.54) is 0 Å². The predicted molar refractivity (Wildman–Crippen MR) is 103 cm³/mol. The summed E-state index contributed by atoms with van der Waals surface area (Å²) in [6.45, 7) is 0.439. The smallest absolute Gasteiger partial charge is 0.197 e. The molecule has 3 nitrogen and oxygen atoms in total. The summed E-state index contributed by atoms with van der Waals surface area (Å²) < 4.78 is 0.